The Morgan fingerprint density at radius 3 is 2.24 bits per heavy atom. The van der Waals surface area contributed by atoms with Crippen molar-refractivity contribution < 1.29 is 14.0 Å². The van der Waals surface area contributed by atoms with Gasteiger partial charge < -0.3 is 15.1 Å². The molecular weight excluding hydrogens is 475 g/mol. The number of benzene rings is 3. The molecule has 174 valence electrons. The van der Waals surface area contributed by atoms with E-state index in [-0.39, 0.29) is 16.6 Å². The molecule has 0 aliphatic carbocycles. The average Bonchev–Trinajstić information content (AvgIpc) is 2.85. The van der Waals surface area contributed by atoms with E-state index in [0.29, 0.717) is 42.5 Å². The standard InChI is InChI=1S/C25H22ClFN4O2S/c26-18-11-9-17(10-12-18)24(33)31-15-13-30(14-16-31)22-8-4-3-7-21(22)28-25(34)29-23(32)19-5-1-2-6-20(19)27/h1-12H,13-16H2,(H2,28,29,32,34). The normalized spacial score (nSPS) is 13.4. The zero-order chi connectivity index (χ0) is 24.1. The van der Waals surface area contributed by atoms with Crippen LogP contribution in [-0.4, -0.2) is 48.0 Å². The van der Waals surface area contributed by atoms with E-state index in [1.54, 1.807) is 30.3 Å². The minimum atomic E-state index is -0.623. The van der Waals surface area contributed by atoms with Gasteiger partial charge >= 0.3 is 0 Å². The van der Waals surface area contributed by atoms with Crippen LogP contribution >= 0.6 is 23.8 Å². The van der Waals surface area contributed by atoms with Gasteiger partial charge in [-0.3, -0.25) is 14.9 Å². The second kappa shape index (κ2) is 10.6. The second-order valence-corrected chi connectivity index (χ2v) is 8.54. The molecule has 1 fully saturated rings. The monoisotopic (exact) mass is 496 g/mol. The second-order valence-electron chi connectivity index (χ2n) is 7.69. The molecule has 3 aromatic rings. The highest BCUT2D eigenvalue weighted by molar-refractivity contribution is 7.80. The number of thiocarbonyl (C=S) groups is 1. The van der Waals surface area contributed by atoms with Gasteiger partial charge in [-0.05, 0) is 60.7 Å². The van der Waals surface area contributed by atoms with Crippen LogP contribution in [0.3, 0.4) is 0 Å². The molecule has 0 atom stereocenters. The van der Waals surface area contributed by atoms with E-state index in [9.17, 15) is 14.0 Å². The first kappa shape index (κ1) is 23.7. The summed E-state index contributed by atoms with van der Waals surface area (Å²) in [4.78, 5) is 29.1. The number of halogens is 2. The summed E-state index contributed by atoms with van der Waals surface area (Å²) < 4.78 is 13.9. The smallest absolute Gasteiger partial charge is 0.260 e. The van der Waals surface area contributed by atoms with E-state index in [4.69, 9.17) is 23.8 Å². The third kappa shape index (κ3) is 5.52. The number of rotatable bonds is 4. The Balaban J connectivity index is 1.38. The minimum absolute atomic E-state index is 0.0280. The molecule has 2 N–H and O–H groups in total. The SMILES string of the molecule is O=C(NC(=S)Nc1ccccc1N1CCN(C(=O)c2ccc(Cl)cc2)CC1)c1ccccc1F. The number of para-hydroxylation sites is 2. The number of carbonyl (C=O) groups excluding carboxylic acids is 2. The number of nitrogens with zero attached hydrogens (tertiary/aromatic N) is 2. The summed E-state index contributed by atoms with van der Waals surface area (Å²) in [5.74, 6) is -1.27. The molecule has 4 rings (SSSR count). The molecule has 0 bridgehead atoms. The van der Waals surface area contributed by atoms with Gasteiger partial charge in [0.05, 0.1) is 16.9 Å². The zero-order valence-corrected chi connectivity index (χ0v) is 19.7. The predicted octanol–water partition coefficient (Wildman–Crippen LogP) is 4.57. The zero-order valence-electron chi connectivity index (χ0n) is 18.1. The summed E-state index contributed by atoms with van der Waals surface area (Å²) in [5, 5.41) is 6.21. The fourth-order valence-corrected chi connectivity index (χ4v) is 4.08. The Kier molecular flexibility index (Phi) is 7.40. The molecule has 0 spiro atoms. The van der Waals surface area contributed by atoms with Crippen LogP contribution < -0.4 is 15.5 Å². The summed E-state index contributed by atoms with van der Waals surface area (Å²) in [5.41, 5.74) is 2.12. The van der Waals surface area contributed by atoms with Crippen LogP contribution in [0.4, 0.5) is 15.8 Å². The minimum Gasteiger partial charge on any atom is -0.366 e. The van der Waals surface area contributed by atoms with Crippen LogP contribution in [0.25, 0.3) is 0 Å². The Morgan fingerprint density at radius 2 is 1.53 bits per heavy atom. The number of amides is 2. The maximum absolute atomic E-state index is 13.9. The topological polar surface area (TPSA) is 64.7 Å². The molecule has 9 heteroatoms. The van der Waals surface area contributed by atoms with Gasteiger partial charge in [-0.15, -0.1) is 0 Å². The molecule has 6 nitrogen and oxygen atoms in total. The lowest BCUT2D eigenvalue weighted by molar-refractivity contribution is 0.0746. The molecule has 3 aromatic carbocycles. The van der Waals surface area contributed by atoms with E-state index in [1.165, 1.54) is 18.2 Å². The molecular formula is C25H22ClFN4O2S. The fourth-order valence-electron chi connectivity index (χ4n) is 3.75. The Bertz CT molecular complexity index is 1210. The number of hydrogen-bond acceptors (Lipinski definition) is 4. The van der Waals surface area contributed by atoms with Crippen LogP contribution in [0.1, 0.15) is 20.7 Å². The Morgan fingerprint density at radius 1 is 0.882 bits per heavy atom. The molecule has 0 radical (unpaired) electrons. The van der Waals surface area contributed by atoms with Crippen molar-refractivity contribution in [3.63, 3.8) is 0 Å². The molecule has 0 saturated carbocycles. The molecule has 0 aromatic heterocycles. The van der Waals surface area contributed by atoms with Crippen LogP contribution in [0.5, 0.6) is 0 Å². The first-order valence-corrected chi connectivity index (χ1v) is 11.5. The van der Waals surface area contributed by atoms with Crippen molar-refractivity contribution in [2.24, 2.45) is 0 Å². The third-order valence-electron chi connectivity index (χ3n) is 5.50. The summed E-state index contributed by atoms with van der Waals surface area (Å²) in [7, 11) is 0. The maximum atomic E-state index is 13.9. The predicted molar refractivity (Wildman–Crippen MR) is 136 cm³/mol. The first-order valence-electron chi connectivity index (χ1n) is 10.7. The lowest BCUT2D eigenvalue weighted by Crippen LogP contribution is -2.49. The van der Waals surface area contributed by atoms with Gasteiger partial charge in [0.1, 0.15) is 5.82 Å². The van der Waals surface area contributed by atoms with Crippen LogP contribution in [0.2, 0.25) is 5.02 Å². The Hall–Kier alpha value is -3.49. The van der Waals surface area contributed by atoms with Gasteiger partial charge in [0.15, 0.2) is 5.11 Å². The number of nitrogens with one attached hydrogen (secondary N) is 2. The van der Waals surface area contributed by atoms with E-state index < -0.39 is 11.7 Å². The van der Waals surface area contributed by atoms with Gasteiger partial charge in [-0.25, -0.2) is 4.39 Å². The highest BCUT2D eigenvalue weighted by Gasteiger charge is 2.24. The van der Waals surface area contributed by atoms with E-state index in [1.807, 2.05) is 29.2 Å². The van der Waals surface area contributed by atoms with Crippen molar-refractivity contribution in [2.75, 3.05) is 36.4 Å². The van der Waals surface area contributed by atoms with Crippen molar-refractivity contribution in [3.8, 4) is 0 Å². The lowest BCUT2D eigenvalue weighted by atomic mass is 10.1. The summed E-state index contributed by atoms with van der Waals surface area (Å²) >= 11 is 11.2. The largest absolute Gasteiger partial charge is 0.366 e. The van der Waals surface area contributed by atoms with Gasteiger partial charge in [-0.2, -0.15) is 0 Å². The highest BCUT2D eigenvalue weighted by Crippen LogP contribution is 2.27. The van der Waals surface area contributed by atoms with E-state index in [0.717, 1.165) is 5.69 Å². The summed E-state index contributed by atoms with van der Waals surface area (Å²) in [6.45, 7) is 2.38. The molecule has 1 aliphatic rings. The van der Waals surface area contributed by atoms with E-state index >= 15 is 0 Å². The Labute approximate surface area is 207 Å². The lowest BCUT2D eigenvalue weighted by Gasteiger charge is -2.37. The quantitative estimate of drug-likeness (QED) is 0.518. The van der Waals surface area contributed by atoms with Gasteiger partial charge in [0.2, 0.25) is 0 Å². The third-order valence-corrected chi connectivity index (χ3v) is 5.95. The van der Waals surface area contributed by atoms with Crippen molar-refractivity contribution in [3.05, 3.63) is 94.8 Å². The van der Waals surface area contributed by atoms with E-state index in [2.05, 4.69) is 15.5 Å². The molecule has 1 aliphatic heterocycles. The van der Waals surface area contributed by atoms with Crippen molar-refractivity contribution in [1.29, 1.82) is 0 Å². The maximum Gasteiger partial charge on any atom is 0.260 e. The summed E-state index contributed by atoms with van der Waals surface area (Å²) in [6, 6.07) is 20.1. The highest BCUT2D eigenvalue weighted by atomic mass is 35.5. The summed E-state index contributed by atoms with van der Waals surface area (Å²) in [6.07, 6.45) is 0. The van der Waals surface area contributed by atoms with Crippen LogP contribution in [-0.2, 0) is 0 Å². The van der Waals surface area contributed by atoms with Crippen molar-refractivity contribution in [1.82, 2.24) is 10.2 Å². The number of hydrogen-bond donors (Lipinski definition) is 2. The molecule has 1 saturated heterocycles. The molecule has 2 amide bonds. The molecule has 0 unspecified atom stereocenters. The first-order chi connectivity index (χ1) is 16.4. The van der Waals surface area contributed by atoms with Crippen molar-refractivity contribution in [2.45, 2.75) is 0 Å². The number of carbonyl (C=O) groups is 2. The van der Waals surface area contributed by atoms with Gasteiger partial charge in [0, 0.05) is 36.8 Å². The van der Waals surface area contributed by atoms with Gasteiger partial charge in [0.25, 0.3) is 11.8 Å². The van der Waals surface area contributed by atoms with Crippen molar-refractivity contribution >= 4 is 52.1 Å². The average molecular weight is 497 g/mol. The fraction of sp³-hybridized carbons (Fsp3) is 0.160. The number of piperazine rings is 1. The van der Waals surface area contributed by atoms with Gasteiger partial charge in [-0.1, -0.05) is 35.9 Å². The molecule has 1 heterocycles. The number of anilines is 2. The van der Waals surface area contributed by atoms with Crippen LogP contribution in [0.15, 0.2) is 72.8 Å². The van der Waals surface area contributed by atoms with Crippen LogP contribution in [0, 0.1) is 5.82 Å². The molecule has 34 heavy (non-hydrogen) atoms.